The SMILES string of the molecule is [2H]C([2H])([2H])N1CN(c2cccc(Oc3cccc(N(c4cc5c6c(c4)N(c4ccc(-c7ccccc7)cc4)c4ccc(-c7ccccc7)cc4B6c4cc(-c6ccccc6)ccc4N5c4ccc(-c5ccccc5)cc4)c4ccccn4)c3)c2)c2ccccc21. The van der Waals surface area contributed by atoms with Crippen LogP contribution in [-0.4, -0.2) is 25.3 Å². The predicted molar refractivity (Wildman–Crippen MR) is 363 cm³/mol. The van der Waals surface area contributed by atoms with Crippen LogP contribution in [0.25, 0.3) is 44.5 Å². The third-order valence-corrected chi connectivity index (χ3v) is 17.1. The van der Waals surface area contributed by atoms with Crippen LogP contribution < -0.4 is 45.6 Å². The first-order chi connectivity index (χ1) is 44.3. The van der Waals surface area contributed by atoms with Gasteiger partial charge in [-0.2, -0.15) is 0 Å². The van der Waals surface area contributed by atoms with Crippen LogP contribution in [0.1, 0.15) is 4.11 Å². The molecule has 12 aromatic carbocycles. The normalized spacial score (nSPS) is 13.4. The van der Waals surface area contributed by atoms with Gasteiger partial charge in [-0.1, -0.05) is 200 Å². The van der Waals surface area contributed by atoms with Crippen LogP contribution in [-0.2, 0) is 0 Å². The lowest BCUT2D eigenvalue weighted by molar-refractivity contribution is 0.483. The molecule has 87 heavy (non-hydrogen) atoms. The molecule has 0 N–H and O–H groups in total. The summed E-state index contributed by atoms with van der Waals surface area (Å²) in [6.45, 7) is -2.35. The molecule has 0 bridgehead atoms. The first kappa shape index (κ1) is 48.1. The van der Waals surface area contributed by atoms with Gasteiger partial charge >= 0.3 is 0 Å². The van der Waals surface area contributed by atoms with Crippen molar-refractivity contribution < 1.29 is 8.85 Å². The second-order valence-corrected chi connectivity index (χ2v) is 22.2. The van der Waals surface area contributed by atoms with Gasteiger partial charge in [-0.15, -0.1) is 0 Å². The highest BCUT2D eigenvalue weighted by atomic mass is 16.5. The minimum absolute atomic E-state index is 0.171. The maximum Gasteiger partial charge on any atom is 0.252 e. The van der Waals surface area contributed by atoms with Gasteiger partial charge in [0, 0.05) is 69.2 Å². The Kier molecular flexibility index (Phi) is 12.0. The van der Waals surface area contributed by atoms with E-state index in [-0.39, 0.29) is 13.4 Å². The lowest BCUT2D eigenvalue weighted by Gasteiger charge is -2.45. The molecule has 0 aliphatic carbocycles. The molecule has 1 aromatic heterocycles. The monoisotopic (exact) mass is 1120 g/mol. The van der Waals surface area contributed by atoms with E-state index in [0.717, 1.165) is 107 Å². The van der Waals surface area contributed by atoms with E-state index in [1.54, 1.807) is 0 Å². The Morgan fingerprint density at radius 2 is 0.839 bits per heavy atom. The molecule has 3 aliphatic rings. The zero-order chi connectivity index (χ0) is 60.3. The molecule has 0 fully saturated rings. The van der Waals surface area contributed by atoms with Crippen molar-refractivity contribution in [3.8, 4) is 56.0 Å². The van der Waals surface area contributed by atoms with Crippen LogP contribution in [0.4, 0.5) is 68.4 Å². The van der Waals surface area contributed by atoms with Crippen molar-refractivity contribution in [2.75, 3.05) is 38.1 Å². The van der Waals surface area contributed by atoms with Crippen molar-refractivity contribution in [2.24, 2.45) is 0 Å². The number of fused-ring (bicyclic) bond motifs is 5. The van der Waals surface area contributed by atoms with E-state index < -0.39 is 6.98 Å². The number of para-hydroxylation sites is 2. The van der Waals surface area contributed by atoms with Gasteiger partial charge in [0.05, 0.1) is 29.4 Å². The molecule has 16 rings (SSSR count). The highest BCUT2D eigenvalue weighted by molar-refractivity contribution is 7.00. The van der Waals surface area contributed by atoms with Crippen molar-refractivity contribution in [3.63, 3.8) is 0 Å². The average molecular weight is 1120 g/mol. The summed E-state index contributed by atoms with van der Waals surface area (Å²) in [6, 6.07) is 109. The van der Waals surface area contributed by atoms with E-state index in [9.17, 15) is 0 Å². The Balaban J connectivity index is 0.909. The van der Waals surface area contributed by atoms with Crippen LogP contribution in [0.15, 0.2) is 316 Å². The van der Waals surface area contributed by atoms with Gasteiger partial charge < -0.3 is 24.3 Å². The molecular formula is C79H57BN6O. The van der Waals surface area contributed by atoms with Gasteiger partial charge in [0.1, 0.15) is 17.3 Å². The summed E-state index contributed by atoms with van der Waals surface area (Å²) in [7, 11) is 0. The van der Waals surface area contributed by atoms with Crippen LogP contribution in [0.3, 0.4) is 0 Å². The quantitative estimate of drug-likeness (QED) is 0.113. The third-order valence-electron chi connectivity index (χ3n) is 17.1. The fourth-order valence-electron chi connectivity index (χ4n) is 13.0. The van der Waals surface area contributed by atoms with E-state index in [0.29, 0.717) is 17.2 Å². The van der Waals surface area contributed by atoms with E-state index in [2.05, 4.69) is 251 Å². The fraction of sp³-hybridized carbons (Fsp3) is 0.0253. The molecule has 412 valence electrons. The first-order valence-electron chi connectivity index (χ1n) is 31.0. The molecule has 0 unspecified atom stereocenters. The van der Waals surface area contributed by atoms with E-state index in [4.69, 9.17) is 13.8 Å². The van der Waals surface area contributed by atoms with Gasteiger partial charge in [-0.25, -0.2) is 4.98 Å². The Bertz CT molecular complexity index is 4590. The van der Waals surface area contributed by atoms with Crippen LogP contribution in [0, 0.1) is 0 Å². The van der Waals surface area contributed by atoms with Gasteiger partial charge in [-0.3, -0.25) is 4.90 Å². The molecule has 0 saturated carbocycles. The zero-order valence-corrected chi connectivity index (χ0v) is 47.4. The third kappa shape index (κ3) is 9.32. The molecule has 7 nitrogen and oxygen atoms in total. The van der Waals surface area contributed by atoms with Gasteiger partial charge in [-0.05, 0) is 158 Å². The standard InChI is InChI=1S/C79H57BN6O/c1-82-54-83(75-33-15-14-32-74(75)82)65-28-18-30-68(50-65)87-69-31-19-29-66(51-69)84(78-34-16-17-47-81-78)67-52-76-79-77(53-67)86(64-43-37-60(38-44-64)56-22-8-3-9-23-56)73-46-40-62(58-26-12-5-13-27-58)49-71(73)80(79)70-48-61(57-24-10-4-11-25-57)39-45-72(70)85(76)63-41-35-59(36-42-63)55-20-6-2-7-21-55/h2-53H,54H2,1H3/i1D3. The Hall–Kier alpha value is -11.3. The summed E-state index contributed by atoms with van der Waals surface area (Å²) in [5.41, 5.74) is 23.0. The number of rotatable bonds is 12. The zero-order valence-electron chi connectivity index (χ0n) is 50.4. The number of aromatic nitrogens is 1. The highest BCUT2D eigenvalue weighted by Crippen LogP contribution is 2.50. The topological polar surface area (TPSA) is 38.3 Å². The summed E-state index contributed by atoms with van der Waals surface area (Å²) in [5.74, 6) is 1.94. The maximum absolute atomic E-state index is 8.35. The highest BCUT2D eigenvalue weighted by Gasteiger charge is 2.44. The molecule has 0 spiro atoms. The van der Waals surface area contributed by atoms with E-state index >= 15 is 0 Å². The Morgan fingerprint density at radius 3 is 1.37 bits per heavy atom. The van der Waals surface area contributed by atoms with Gasteiger partial charge in [0.25, 0.3) is 6.71 Å². The predicted octanol–water partition coefficient (Wildman–Crippen LogP) is 18.6. The Labute approximate surface area is 512 Å². The van der Waals surface area contributed by atoms with Crippen LogP contribution >= 0.6 is 0 Å². The average Bonchev–Trinajstić information content (AvgIpc) is 0.847. The van der Waals surface area contributed by atoms with Crippen molar-refractivity contribution in [1.29, 1.82) is 0 Å². The number of ether oxygens (including phenoxy) is 1. The Morgan fingerprint density at radius 1 is 0.368 bits per heavy atom. The van der Waals surface area contributed by atoms with Crippen LogP contribution in [0.5, 0.6) is 11.5 Å². The molecule has 8 heteroatoms. The van der Waals surface area contributed by atoms with E-state index in [1.807, 2.05) is 83.9 Å². The molecule has 0 radical (unpaired) electrons. The number of pyridine rings is 1. The van der Waals surface area contributed by atoms with Gasteiger partial charge in [0.2, 0.25) is 0 Å². The van der Waals surface area contributed by atoms with Crippen molar-refractivity contribution in [1.82, 2.24) is 4.98 Å². The number of benzene rings is 12. The van der Waals surface area contributed by atoms with Crippen molar-refractivity contribution >= 4 is 91.5 Å². The lowest BCUT2D eigenvalue weighted by atomic mass is 9.33. The minimum Gasteiger partial charge on any atom is -0.457 e. The molecule has 0 amide bonds. The van der Waals surface area contributed by atoms with Crippen molar-refractivity contribution in [2.45, 2.75) is 0 Å². The maximum atomic E-state index is 8.35. The summed E-state index contributed by atoms with van der Waals surface area (Å²) in [4.78, 5) is 15.8. The number of anilines is 12. The van der Waals surface area contributed by atoms with E-state index in [1.165, 1.54) is 21.3 Å². The second kappa shape index (κ2) is 21.7. The van der Waals surface area contributed by atoms with Crippen molar-refractivity contribution in [3.05, 3.63) is 316 Å². The molecule has 4 heterocycles. The van der Waals surface area contributed by atoms with Gasteiger partial charge in [0.15, 0.2) is 0 Å². The number of hydrogen-bond acceptors (Lipinski definition) is 7. The minimum atomic E-state index is -2.32. The number of hydrogen-bond donors (Lipinski definition) is 0. The lowest BCUT2D eigenvalue weighted by Crippen LogP contribution is -2.61. The molecule has 13 aromatic rings. The smallest absolute Gasteiger partial charge is 0.252 e. The molecule has 0 saturated heterocycles. The molecular weight excluding hydrogens is 1060 g/mol. The second-order valence-electron chi connectivity index (χ2n) is 22.2. The summed E-state index contributed by atoms with van der Waals surface area (Å²) in [6.07, 6.45) is 1.85. The first-order valence-corrected chi connectivity index (χ1v) is 29.5. The van der Waals surface area contributed by atoms with Crippen LogP contribution in [0.2, 0.25) is 0 Å². The summed E-state index contributed by atoms with van der Waals surface area (Å²) < 4.78 is 31.9. The summed E-state index contributed by atoms with van der Waals surface area (Å²) >= 11 is 0. The molecule has 0 atom stereocenters. The molecule has 3 aliphatic heterocycles. The summed E-state index contributed by atoms with van der Waals surface area (Å²) in [5, 5.41) is 0. The largest absolute Gasteiger partial charge is 0.457 e. The fourth-order valence-corrected chi connectivity index (χ4v) is 13.0. The number of nitrogens with zero attached hydrogens (tertiary/aromatic N) is 6.